The van der Waals surface area contributed by atoms with E-state index in [1.54, 1.807) is 6.07 Å². The van der Waals surface area contributed by atoms with Crippen molar-refractivity contribution in [2.24, 2.45) is 0 Å². The zero-order chi connectivity index (χ0) is 9.42. The highest BCUT2D eigenvalue weighted by atomic mass is 35.5. The minimum absolute atomic E-state index is 0.0542. The molecule has 0 fully saturated rings. The van der Waals surface area contributed by atoms with Crippen LogP contribution < -0.4 is 0 Å². The summed E-state index contributed by atoms with van der Waals surface area (Å²) in [5, 5.41) is 10.3. The van der Waals surface area contributed by atoms with Gasteiger partial charge in [0.05, 0.1) is 11.7 Å². The number of nitrogens with zero attached hydrogens (tertiary/aromatic N) is 2. The summed E-state index contributed by atoms with van der Waals surface area (Å²) in [6, 6.07) is 3.08. The van der Waals surface area contributed by atoms with Gasteiger partial charge in [-0.3, -0.25) is 4.98 Å². The smallest absolute Gasteiger partial charge is 0.140 e. The number of rotatable bonds is 0. The predicted molar refractivity (Wildman–Crippen MR) is 51.2 cm³/mol. The van der Waals surface area contributed by atoms with Crippen LogP contribution in [0.2, 0.25) is 10.3 Å². The Morgan fingerprint density at radius 2 is 2.00 bits per heavy atom. The third kappa shape index (κ3) is 1.53. The van der Waals surface area contributed by atoms with Crippen LogP contribution in [0.25, 0.3) is 10.9 Å². The Morgan fingerprint density at radius 3 is 2.77 bits per heavy atom. The Bertz CT molecular complexity index is 473. The second kappa shape index (κ2) is 3.01. The summed E-state index contributed by atoms with van der Waals surface area (Å²) in [5.41, 5.74) is 0.614. The fourth-order valence-electron chi connectivity index (χ4n) is 1.04. The Labute approximate surface area is 84.0 Å². The summed E-state index contributed by atoms with van der Waals surface area (Å²) < 4.78 is 0. The quantitative estimate of drug-likeness (QED) is 0.687. The van der Waals surface area contributed by atoms with E-state index < -0.39 is 0 Å². The highest BCUT2D eigenvalue weighted by molar-refractivity contribution is 6.36. The van der Waals surface area contributed by atoms with E-state index in [1.807, 2.05) is 0 Å². The number of aromatic nitrogens is 2. The van der Waals surface area contributed by atoms with Gasteiger partial charge in [-0.25, -0.2) is 4.98 Å². The maximum atomic E-state index is 9.14. The van der Waals surface area contributed by atoms with E-state index in [-0.39, 0.29) is 16.1 Å². The molecule has 0 bridgehead atoms. The van der Waals surface area contributed by atoms with E-state index in [4.69, 9.17) is 28.3 Å². The van der Waals surface area contributed by atoms with Gasteiger partial charge < -0.3 is 5.11 Å². The first-order valence-corrected chi connectivity index (χ1v) is 4.23. The van der Waals surface area contributed by atoms with Gasteiger partial charge in [0, 0.05) is 11.5 Å². The normalized spacial score (nSPS) is 10.6. The summed E-state index contributed by atoms with van der Waals surface area (Å²) in [7, 11) is 0. The van der Waals surface area contributed by atoms with Crippen LogP contribution in [-0.4, -0.2) is 15.1 Å². The Balaban J connectivity index is 2.87. The van der Waals surface area contributed by atoms with Crippen LogP contribution in [-0.2, 0) is 0 Å². The summed E-state index contributed by atoms with van der Waals surface area (Å²) in [4.78, 5) is 7.77. The largest absolute Gasteiger partial charge is 0.506 e. The summed E-state index contributed by atoms with van der Waals surface area (Å²) >= 11 is 11.5. The van der Waals surface area contributed by atoms with E-state index in [2.05, 4.69) is 9.97 Å². The van der Waals surface area contributed by atoms with E-state index in [0.717, 1.165) is 0 Å². The van der Waals surface area contributed by atoms with E-state index in [9.17, 15) is 0 Å². The second-order valence-corrected chi connectivity index (χ2v) is 3.24. The fourth-order valence-corrected chi connectivity index (χ4v) is 1.52. The molecule has 1 N–H and O–H groups in total. The Hall–Kier alpha value is -1.06. The van der Waals surface area contributed by atoms with Crippen LogP contribution in [0.3, 0.4) is 0 Å². The van der Waals surface area contributed by atoms with Crippen molar-refractivity contribution in [1.29, 1.82) is 0 Å². The van der Waals surface area contributed by atoms with Gasteiger partial charge in [0.25, 0.3) is 0 Å². The van der Waals surface area contributed by atoms with Gasteiger partial charge in [0.15, 0.2) is 0 Å². The molecule has 0 saturated heterocycles. The number of halogens is 2. The molecule has 5 heteroatoms. The number of fused-ring (bicyclic) bond motifs is 1. The van der Waals surface area contributed by atoms with Gasteiger partial charge in [0.2, 0.25) is 0 Å². The van der Waals surface area contributed by atoms with Crippen molar-refractivity contribution in [3.8, 4) is 5.75 Å². The van der Waals surface area contributed by atoms with Crippen molar-refractivity contribution in [1.82, 2.24) is 9.97 Å². The summed E-state index contributed by atoms with van der Waals surface area (Å²) in [6.45, 7) is 0. The molecule has 13 heavy (non-hydrogen) atoms. The lowest BCUT2D eigenvalue weighted by molar-refractivity contribution is 0.474. The molecule has 2 aromatic rings. The molecule has 0 aliphatic carbocycles. The zero-order valence-corrected chi connectivity index (χ0v) is 7.84. The van der Waals surface area contributed by atoms with Gasteiger partial charge >= 0.3 is 0 Å². The van der Waals surface area contributed by atoms with Crippen LogP contribution in [0.15, 0.2) is 18.3 Å². The van der Waals surface area contributed by atoms with Crippen molar-refractivity contribution >= 4 is 34.1 Å². The molecule has 0 unspecified atom stereocenters. The molecule has 0 radical (unpaired) electrons. The molecule has 2 rings (SSSR count). The fraction of sp³-hybridized carbons (Fsp3) is 0. The standard InChI is InChI=1S/C8H4Cl2N2O/c9-7-2-6-5(8(10)12-7)1-4(13)3-11-6/h1-3,13H. The molecule has 2 aromatic heterocycles. The molecule has 66 valence electrons. The Kier molecular flexibility index (Phi) is 1.98. The highest BCUT2D eigenvalue weighted by Gasteiger charge is 2.04. The van der Waals surface area contributed by atoms with Gasteiger partial charge in [-0.2, -0.15) is 0 Å². The molecule has 0 saturated carbocycles. The van der Waals surface area contributed by atoms with Crippen LogP contribution >= 0.6 is 23.2 Å². The van der Waals surface area contributed by atoms with E-state index in [0.29, 0.717) is 10.9 Å². The molecule has 0 spiro atoms. The first-order chi connectivity index (χ1) is 6.16. The lowest BCUT2D eigenvalue weighted by Gasteiger charge is -2.00. The van der Waals surface area contributed by atoms with E-state index in [1.165, 1.54) is 12.3 Å². The van der Waals surface area contributed by atoms with Gasteiger partial charge in [0.1, 0.15) is 16.1 Å². The third-order valence-corrected chi connectivity index (χ3v) is 2.07. The van der Waals surface area contributed by atoms with Crippen molar-refractivity contribution in [2.75, 3.05) is 0 Å². The van der Waals surface area contributed by atoms with E-state index >= 15 is 0 Å². The number of hydrogen-bond donors (Lipinski definition) is 1. The van der Waals surface area contributed by atoms with Crippen molar-refractivity contribution in [2.45, 2.75) is 0 Å². The molecule has 3 nitrogen and oxygen atoms in total. The molecule has 0 aromatic carbocycles. The molecule has 0 aliphatic heterocycles. The van der Waals surface area contributed by atoms with Gasteiger partial charge in [-0.05, 0) is 6.07 Å². The van der Waals surface area contributed by atoms with Crippen molar-refractivity contribution in [3.05, 3.63) is 28.6 Å². The van der Waals surface area contributed by atoms with Crippen molar-refractivity contribution < 1.29 is 5.11 Å². The first kappa shape index (κ1) is 8.53. The average molecular weight is 215 g/mol. The second-order valence-electron chi connectivity index (χ2n) is 2.50. The van der Waals surface area contributed by atoms with Crippen LogP contribution in [0.1, 0.15) is 0 Å². The average Bonchev–Trinajstić information content (AvgIpc) is 2.06. The minimum Gasteiger partial charge on any atom is -0.506 e. The summed E-state index contributed by atoms with van der Waals surface area (Å²) in [5.74, 6) is 0.0542. The molecular weight excluding hydrogens is 211 g/mol. The lowest BCUT2D eigenvalue weighted by Crippen LogP contribution is -1.83. The van der Waals surface area contributed by atoms with Crippen LogP contribution in [0, 0.1) is 0 Å². The topological polar surface area (TPSA) is 46.0 Å². The predicted octanol–water partition coefficient (Wildman–Crippen LogP) is 2.64. The van der Waals surface area contributed by atoms with Gasteiger partial charge in [-0.1, -0.05) is 23.2 Å². The maximum Gasteiger partial charge on any atom is 0.140 e. The molecule has 0 amide bonds. The SMILES string of the molecule is Oc1cnc2cc(Cl)nc(Cl)c2c1. The maximum absolute atomic E-state index is 9.14. The number of aromatic hydroxyl groups is 1. The van der Waals surface area contributed by atoms with Crippen LogP contribution in [0.5, 0.6) is 5.75 Å². The molecule has 0 atom stereocenters. The van der Waals surface area contributed by atoms with Crippen molar-refractivity contribution in [3.63, 3.8) is 0 Å². The Morgan fingerprint density at radius 1 is 1.23 bits per heavy atom. The monoisotopic (exact) mass is 214 g/mol. The minimum atomic E-state index is 0.0542. The zero-order valence-electron chi connectivity index (χ0n) is 6.33. The van der Waals surface area contributed by atoms with Gasteiger partial charge in [-0.15, -0.1) is 0 Å². The molecule has 2 heterocycles. The highest BCUT2D eigenvalue weighted by Crippen LogP contribution is 2.25. The first-order valence-electron chi connectivity index (χ1n) is 3.47. The number of pyridine rings is 2. The lowest BCUT2D eigenvalue weighted by atomic mass is 10.3. The van der Waals surface area contributed by atoms with Crippen LogP contribution in [0.4, 0.5) is 0 Å². The number of hydrogen-bond acceptors (Lipinski definition) is 3. The summed E-state index contributed by atoms with van der Waals surface area (Å²) in [6.07, 6.45) is 1.33. The molecule has 0 aliphatic rings. The molecular formula is C8H4Cl2N2O. The third-order valence-electron chi connectivity index (χ3n) is 1.59.